The van der Waals surface area contributed by atoms with Gasteiger partial charge in [-0.25, -0.2) is 4.79 Å². The monoisotopic (exact) mass is 318 g/mol. The zero-order valence-electron chi connectivity index (χ0n) is 9.22. The summed E-state index contributed by atoms with van der Waals surface area (Å²) in [4.78, 5) is 22.5. The van der Waals surface area contributed by atoms with Crippen LogP contribution in [0.2, 0.25) is 0 Å². The molecule has 3 amide bonds. The Labute approximate surface area is 113 Å². The molecule has 6 heteroatoms. The first-order valence-electron chi connectivity index (χ1n) is 4.96. The van der Waals surface area contributed by atoms with Crippen LogP contribution in [-0.4, -0.2) is 17.8 Å². The minimum absolute atomic E-state index is 0.118. The lowest BCUT2D eigenvalue weighted by molar-refractivity contribution is -0.119. The molecule has 92 valence electrons. The Morgan fingerprint density at radius 1 is 1.41 bits per heavy atom. The van der Waals surface area contributed by atoms with E-state index in [1.54, 1.807) is 12.1 Å². The van der Waals surface area contributed by atoms with Gasteiger partial charge in [0.25, 0.3) is 0 Å². The van der Waals surface area contributed by atoms with Gasteiger partial charge in [0.2, 0.25) is 5.91 Å². The van der Waals surface area contributed by atoms with E-state index in [0.29, 0.717) is 5.69 Å². The fraction of sp³-hybridized carbons (Fsp3) is 0.273. The van der Waals surface area contributed by atoms with Crippen LogP contribution in [0.4, 0.5) is 10.5 Å². The van der Waals surface area contributed by atoms with E-state index in [9.17, 15) is 9.59 Å². The summed E-state index contributed by atoms with van der Waals surface area (Å²) in [6.07, 6.45) is 0.118. The number of aryl methyl sites for hydroxylation is 1. The average molecular weight is 320 g/mol. The third-order valence-corrected chi connectivity index (χ3v) is 3.05. The molecule has 0 bridgehead atoms. The molecule has 17 heavy (non-hydrogen) atoms. The lowest BCUT2D eigenvalue weighted by Crippen LogP contribution is -2.34. The molecule has 0 unspecified atom stereocenters. The molecule has 0 atom stereocenters. The van der Waals surface area contributed by atoms with Crippen LogP contribution in [0.15, 0.2) is 22.7 Å². The zero-order chi connectivity index (χ0) is 12.8. The van der Waals surface area contributed by atoms with Crippen molar-refractivity contribution in [2.45, 2.75) is 13.3 Å². The standard InChI is InChI=1S/C11H12BrClN2O2/c1-7-2-3-8(6-9(7)12)14-11(17)15-10(16)4-5-13/h2-3,6H,4-5H2,1H3,(H2,14,15,16,17). The molecule has 0 saturated heterocycles. The van der Waals surface area contributed by atoms with Crippen molar-refractivity contribution in [1.29, 1.82) is 0 Å². The van der Waals surface area contributed by atoms with Gasteiger partial charge < -0.3 is 5.32 Å². The van der Waals surface area contributed by atoms with E-state index in [1.807, 2.05) is 13.0 Å². The average Bonchev–Trinajstić information content (AvgIpc) is 2.23. The highest BCUT2D eigenvalue weighted by Crippen LogP contribution is 2.20. The molecule has 1 aromatic rings. The highest BCUT2D eigenvalue weighted by molar-refractivity contribution is 9.10. The summed E-state index contributed by atoms with van der Waals surface area (Å²) in [5.41, 5.74) is 1.67. The predicted octanol–water partition coefficient (Wildman–Crippen LogP) is 3.03. The van der Waals surface area contributed by atoms with E-state index in [1.165, 1.54) is 0 Å². The Kier molecular flexibility index (Phi) is 5.44. The van der Waals surface area contributed by atoms with E-state index < -0.39 is 11.9 Å². The molecule has 0 aliphatic rings. The summed E-state index contributed by atoms with van der Waals surface area (Å²) < 4.78 is 0.891. The summed E-state index contributed by atoms with van der Waals surface area (Å²) in [7, 11) is 0. The van der Waals surface area contributed by atoms with Crippen LogP contribution in [0.3, 0.4) is 0 Å². The van der Waals surface area contributed by atoms with Gasteiger partial charge in [0.1, 0.15) is 0 Å². The molecule has 1 aromatic carbocycles. The molecule has 1 rings (SSSR count). The van der Waals surface area contributed by atoms with Crippen molar-refractivity contribution in [2.24, 2.45) is 0 Å². The lowest BCUT2D eigenvalue weighted by atomic mass is 10.2. The molecular formula is C11H12BrClN2O2. The second kappa shape index (κ2) is 6.61. The molecule has 0 aliphatic heterocycles. The number of carbonyl (C=O) groups is 2. The Morgan fingerprint density at radius 2 is 2.12 bits per heavy atom. The van der Waals surface area contributed by atoms with Crippen molar-refractivity contribution in [3.05, 3.63) is 28.2 Å². The summed E-state index contributed by atoms with van der Waals surface area (Å²) in [6, 6.07) is 4.82. The number of anilines is 1. The van der Waals surface area contributed by atoms with Crippen molar-refractivity contribution >= 4 is 45.2 Å². The van der Waals surface area contributed by atoms with Gasteiger partial charge in [-0.15, -0.1) is 11.6 Å². The van der Waals surface area contributed by atoms with Gasteiger partial charge in [-0.05, 0) is 24.6 Å². The number of rotatable bonds is 3. The quantitative estimate of drug-likeness (QED) is 0.841. The minimum atomic E-state index is -0.559. The Bertz CT molecular complexity index is 437. The third kappa shape index (κ3) is 4.75. The van der Waals surface area contributed by atoms with Gasteiger partial charge in [0.15, 0.2) is 0 Å². The van der Waals surface area contributed by atoms with Crippen LogP contribution in [-0.2, 0) is 4.79 Å². The van der Waals surface area contributed by atoms with Crippen LogP contribution in [0.5, 0.6) is 0 Å². The molecule has 0 fully saturated rings. The molecule has 0 spiro atoms. The van der Waals surface area contributed by atoms with Crippen LogP contribution >= 0.6 is 27.5 Å². The molecule has 0 heterocycles. The molecule has 0 aliphatic carbocycles. The SMILES string of the molecule is Cc1ccc(NC(=O)NC(=O)CCCl)cc1Br. The molecule has 4 nitrogen and oxygen atoms in total. The van der Waals surface area contributed by atoms with Gasteiger partial charge in [-0.1, -0.05) is 22.0 Å². The van der Waals surface area contributed by atoms with E-state index in [0.717, 1.165) is 10.0 Å². The number of nitrogens with one attached hydrogen (secondary N) is 2. The second-order valence-electron chi connectivity index (χ2n) is 3.41. The highest BCUT2D eigenvalue weighted by Gasteiger charge is 2.07. The molecule has 0 saturated carbocycles. The number of benzene rings is 1. The Balaban J connectivity index is 2.56. The summed E-state index contributed by atoms with van der Waals surface area (Å²) in [6.45, 7) is 1.94. The van der Waals surface area contributed by atoms with Crippen molar-refractivity contribution in [3.63, 3.8) is 0 Å². The largest absolute Gasteiger partial charge is 0.325 e. The topological polar surface area (TPSA) is 58.2 Å². The fourth-order valence-corrected chi connectivity index (χ4v) is 1.66. The van der Waals surface area contributed by atoms with Gasteiger partial charge >= 0.3 is 6.03 Å². The highest BCUT2D eigenvalue weighted by atomic mass is 79.9. The van der Waals surface area contributed by atoms with Crippen LogP contribution in [0.25, 0.3) is 0 Å². The van der Waals surface area contributed by atoms with Gasteiger partial charge in [0.05, 0.1) is 0 Å². The van der Waals surface area contributed by atoms with Crippen LogP contribution in [0, 0.1) is 6.92 Å². The lowest BCUT2D eigenvalue weighted by Gasteiger charge is -2.07. The first-order valence-corrected chi connectivity index (χ1v) is 6.28. The number of alkyl halides is 1. The van der Waals surface area contributed by atoms with Gasteiger partial charge in [-0.3, -0.25) is 10.1 Å². The van der Waals surface area contributed by atoms with E-state index in [2.05, 4.69) is 26.6 Å². The van der Waals surface area contributed by atoms with Crippen molar-refractivity contribution in [1.82, 2.24) is 5.32 Å². The minimum Gasteiger partial charge on any atom is -0.308 e. The number of hydrogen-bond donors (Lipinski definition) is 2. The predicted molar refractivity (Wildman–Crippen MR) is 71.4 cm³/mol. The third-order valence-electron chi connectivity index (χ3n) is 2.00. The summed E-state index contributed by atoms with van der Waals surface area (Å²) in [5, 5.41) is 4.73. The maximum Gasteiger partial charge on any atom is 0.325 e. The number of imide groups is 1. The van der Waals surface area contributed by atoms with Crippen molar-refractivity contribution < 1.29 is 9.59 Å². The Morgan fingerprint density at radius 3 is 2.71 bits per heavy atom. The second-order valence-corrected chi connectivity index (χ2v) is 4.64. The van der Waals surface area contributed by atoms with Gasteiger partial charge in [-0.2, -0.15) is 0 Å². The fourth-order valence-electron chi connectivity index (χ4n) is 1.11. The van der Waals surface area contributed by atoms with Crippen molar-refractivity contribution in [3.8, 4) is 0 Å². The smallest absolute Gasteiger partial charge is 0.308 e. The maximum absolute atomic E-state index is 11.4. The first kappa shape index (κ1) is 14.0. The number of halogens is 2. The van der Waals surface area contributed by atoms with Crippen LogP contribution < -0.4 is 10.6 Å². The van der Waals surface area contributed by atoms with Gasteiger partial charge in [0, 0.05) is 22.5 Å². The number of hydrogen-bond acceptors (Lipinski definition) is 2. The Hall–Kier alpha value is -1.07. The molecular weight excluding hydrogens is 307 g/mol. The summed E-state index contributed by atoms with van der Waals surface area (Å²) >= 11 is 8.74. The maximum atomic E-state index is 11.4. The number of urea groups is 1. The molecule has 0 radical (unpaired) electrons. The molecule has 2 N–H and O–H groups in total. The first-order chi connectivity index (χ1) is 8.02. The molecule has 0 aromatic heterocycles. The van der Waals surface area contributed by atoms with Crippen molar-refractivity contribution in [2.75, 3.05) is 11.2 Å². The van der Waals surface area contributed by atoms with E-state index in [-0.39, 0.29) is 12.3 Å². The van der Waals surface area contributed by atoms with Crippen LogP contribution in [0.1, 0.15) is 12.0 Å². The number of carbonyl (C=O) groups excluding carboxylic acids is 2. The summed E-state index contributed by atoms with van der Waals surface area (Å²) in [5.74, 6) is -0.210. The van der Waals surface area contributed by atoms with E-state index >= 15 is 0 Å². The number of amides is 3. The normalized spacial score (nSPS) is 9.82. The van der Waals surface area contributed by atoms with E-state index in [4.69, 9.17) is 11.6 Å². The zero-order valence-corrected chi connectivity index (χ0v) is 11.6.